The summed E-state index contributed by atoms with van der Waals surface area (Å²) in [5, 5.41) is 0. The molecule has 0 radical (unpaired) electrons. The molecule has 0 aliphatic rings. The van der Waals surface area contributed by atoms with Crippen LogP contribution in [-0.2, 0) is 23.8 Å². The Kier molecular flexibility index (Phi) is 25.5. The third-order valence-corrected chi connectivity index (χ3v) is 7.49. The van der Waals surface area contributed by atoms with E-state index in [0.29, 0.717) is 25.4 Å². The minimum Gasteiger partial charge on any atom is -0.462 e. The predicted molar refractivity (Wildman–Crippen MR) is 164 cm³/mol. The van der Waals surface area contributed by atoms with Crippen LogP contribution >= 0.6 is 0 Å². The van der Waals surface area contributed by atoms with Crippen molar-refractivity contribution < 1.29 is 23.8 Å². The van der Waals surface area contributed by atoms with Crippen molar-refractivity contribution in [2.75, 3.05) is 26.4 Å². The van der Waals surface area contributed by atoms with E-state index in [-0.39, 0.29) is 11.9 Å². The van der Waals surface area contributed by atoms with Gasteiger partial charge in [0.05, 0.1) is 13.2 Å². The van der Waals surface area contributed by atoms with Crippen molar-refractivity contribution >= 4 is 11.9 Å². The molecule has 228 valence electrons. The third-order valence-electron chi connectivity index (χ3n) is 7.49. The van der Waals surface area contributed by atoms with Crippen LogP contribution in [0.5, 0.6) is 0 Å². The zero-order valence-corrected chi connectivity index (χ0v) is 26.6. The smallest absolute Gasteiger partial charge is 0.333 e. The highest BCUT2D eigenvalue weighted by atomic mass is 16.6. The molecule has 0 aromatic rings. The van der Waals surface area contributed by atoms with Gasteiger partial charge >= 0.3 is 11.9 Å². The van der Waals surface area contributed by atoms with Gasteiger partial charge in [-0.15, -0.1) is 0 Å². The first-order valence-electron chi connectivity index (χ1n) is 16.0. The Morgan fingerprint density at radius 2 is 0.641 bits per heavy atom. The third kappa shape index (κ3) is 23.9. The lowest BCUT2D eigenvalue weighted by Crippen LogP contribution is -2.12. The van der Waals surface area contributed by atoms with Crippen LogP contribution in [0.4, 0.5) is 0 Å². The van der Waals surface area contributed by atoms with E-state index < -0.39 is 0 Å². The molecule has 0 unspecified atom stereocenters. The topological polar surface area (TPSA) is 61.8 Å². The molecule has 0 amide bonds. The second-order valence-electron chi connectivity index (χ2n) is 11.5. The number of rotatable bonds is 26. The van der Waals surface area contributed by atoms with Crippen molar-refractivity contribution in [3.05, 3.63) is 22.3 Å². The van der Waals surface area contributed by atoms with Gasteiger partial charge in [-0.25, -0.2) is 9.59 Å². The minimum atomic E-state index is -0.235. The zero-order chi connectivity index (χ0) is 29.1. The van der Waals surface area contributed by atoms with E-state index in [1.807, 2.05) is 34.6 Å². The van der Waals surface area contributed by atoms with Crippen LogP contribution in [0.15, 0.2) is 22.3 Å². The molecule has 0 aromatic carbocycles. The molecule has 0 N–H and O–H groups in total. The van der Waals surface area contributed by atoms with E-state index >= 15 is 0 Å². The highest BCUT2D eigenvalue weighted by molar-refractivity contribution is 5.88. The number of carbonyl (C=O) groups excluding carboxylic acids is 2. The van der Waals surface area contributed by atoms with Gasteiger partial charge in [0.15, 0.2) is 0 Å². The van der Waals surface area contributed by atoms with Gasteiger partial charge in [0.25, 0.3) is 0 Å². The Morgan fingerprint density at radius 1 is 0.359 bits per heavy atom. The van der Waals surface area contributed by atoms with E-state index in [1.165, 1.54) is 96.3 Å². The predicted octanol–water partition coefficient (Wildman–Crippen LogP) is 9.82. The maximum absolute atomic E-state index is 11.8. The Labute approximate surface area is 241 Å². The number of hydrogen-bond acceptors (Lipinski definition) is 5. The molecule has 39 heavy (non-hydrogen) atoms. The molecule has 0 bridgehead atoms. The lowest BCUT2D eigenvalue weighted by atomic mass is 10.0. The summed E-state index contributed by atoms with van der Waals surface area (Å²) in [5.74, 6) is -0.394. The normalized spacial score (nSPS) is 10.8. The highest BCUT2D eigenvalue weighted by Crippen LogP contribution is 2.14. The molecular formula is C34H62O5. The van der Waals surface area contributed by atoms with Gasteiger partial charge in [-0.3, -0.25) is 0 Å². The van der Waals surface area contributed by atoms with Crippen molar-refractivity contribution in [2.45, 2.75) is 157 Å². The van der Waals surface area contributed by atoms with Crippen LogP contribution < -0.4 is 0 Å². The standard InChI is InChI=1S/C34H62O5/c1-29(2)31(5)33(35)38-26-24-22-20-18-16-14-12-10-8-7-9-11-13-15-17-19-21-23-25-37-27-28-39-34(36)32(6)30(3)4/h7-28H2,1-6H3. The van der Waals surface area contributed by atoms with Gasteiger partial charge in [-0.05, 0) is 54.4 Å². The summed E-state index contributed by atoms with van der Waals surface area (Å²) in [6, 6.07) is 0. The molecule has 5 heteroatoms. The molecule has 0 aliphatic carbocycles. The van der Waals surface area contributed by atoms with E-state index in [0.717, 1.165) is 42.6 Å². The molecule has 0 saturated heterocycles. The first kappa shape index (κ1) is 37.4. The number of esters is 2. The first-order valence-corrected chi connectivity index (χ1v) is 16.0. The van der Waals surface area contributed by atoms with Gasteiger partial charge < -0.3 is 14.2 Å². The summed E-state index contributed by atoms with van der Waals surface area (Å²) < 4.78 is 16.1. The average molecular weight is 551 g/mol. The summed E-state index contributed by atoms with van der Waals surface area (Å²) in [6.07, 6.45) is 23.4. The lowest BCUT2D eigenvalue weighted by Gasteiger charge is -2.07. The molecule has 5 nitrogen and oxygen atoms in total. The second kappa shape index (κ2) is 26.6. The van der Waals surface area contributed by atoms with Gasteiger partial charge in [-0.1, -0.05) is 114 Å². The van der Waals surface area contributed by atoms with Gasteiger partial charge in [0.1, 0.15) is 6.61 Å². The maximum Gasteiger partial charge on any atom is 0.333 e. The Morgan fingerprint density at radius 3 is 0.974 bits per heavy atom. The zero-order valence-electron chi connectivity index (χ0n) is 26.6. The second-order valence-corrected chi connectivity index (χ2v) is 11.5. The maximum atomic E-state index is 11.8. The molecule has 0 rings (SSSR count). The summed E-state index contributed by atoms with van der Waals surface area (Å²) in [5.41, 5.74) is 3.46. The van der Waals surface area contributed by atoms with E-state index in [2.05, 4.69) is 0 Å². The monoisotopic (exact) mass is 550 g/mol. The van der Waals surface area contributed by atoms with Crippen molar-refractivity contribution in [1.82, 2.24) is 0 Å². The largest absolute Gasteiger partial charge is 0.462 e. The molecule has 0 aliphatic heterocycles. The van der Waals surface area contributed by atoms with E-state index in [1.54, 1.807) is 6.92 Å². The summed E-state index contributed by atoms with van der Waals surface area (Å²) in [4.78, 5) is 23.4. The molecule has 0 heterocycles. The number of carbonyl (C=O) groups is 2. The van der Waals surface area contributed by atoms with Crippen LogP contribution in [0.2, 0.25) is 0 Å². The van der Waals surface area contributed by atoms with Crippen LogP contribution in [0, 0.1) is 0 Å². The molecule has 0 fully saturated rings. The SMILES string of the molecule is CC(C)=C(C)C(=O)OCCCCCCCCCCCCCCCCCCCCOCCOC(=O)C(C)=C(C)C. The van der Waals surface area contributed by atoms with Crippen LogP contribution in [0.1, 0.15) is 157 Å². The van der Waals surface area contributed by atoms with Crippen molar-refractivity contribution in [3.8, 4) is 0 Å². The van der Waals surface area contributed by atoms with E-state index in [4.69, 9.17) is 14.2 Å². The summed E-state index contributed by atoms with van der Waals surface area (Å²) in [7, 11) is 0. The Hall–Kier alpha value is -1.62. The first-order chi connectivity index (χ1) is 18.8. The summed E-state index contributed by atoms with van der Waals surface area (Å²) >= 11 is 0. The van der Waals surface area contributed by atoms with Crippen molar-refractivity contribution in [1.29, 1.82) is 0 Å². The fourth-order valence-corrected chi connectivity index (χ4v) is 4.22. The number of unbranched alkanes of at least 4 members (excludes halogenated alkanes) is 17. The molecular weight excluding hydrogens is 488 g/mol. The van der Waals surface area contributed by atoms with Gasteiger partial charge in [-0.2, -0.15) is 0 Å². The molecule has 0 saturated carbocycles. The fourth-order valence-electron chi connectivity index (χ4n) is 4.22. The fraction of sp³-hybridized carbons (Fsp3) is 0.824. The molecule has 0 spiro atoms. The van der Waals surface area contributed by atoms with Gasteiger partial charge in [0, 0.05) is 17.8 Å². The van der Waals surface area contributed by atoms with E-state index in [9.17, 15) is 9.59 Å². The average Bonchev–Trinajstić information content (AvgIpc) is 2.91. The molecule has 0 aromatic heterocycles. The van der Waals surface area contributed by atoms with Crippen LogP contribution in [0.25, 0.3) is 0 Å². The summed E-state index contributed by atoms with van der Waals surface area (Å²) in [6.45, 7) is 13.5. The van der Waals surface area contributed by atoms with Crippen molar-refractivity contribution in [3.63, 3.8) is 0 Å². The number of allylic oxidation sites excluding steroid dienone is 2. The van der Waals surface area contributed by atoms with Crippen LogP contribution in [0.3, 0.4) is 0 Å². The Bertz CT molecular complexity index is 626. The Balaban J connectivity index is 3.22. The van der Waals surface area contributed by atoms with Gasteiger partial charge in [0.2, 0.25) is 0 Å². The minimum absolute atomic E-state index is 0.159. The van der Waals surface area contributed by atoms with Crippen LogP contribution in [-0.4, -0.2) is 38.4 Å². The quantitative estimate of drug-likeness (QED) is 0.0609. The number of hydrogen-bond donors (Lipinski definition) is 0. The number of ether oxygens (including phenoxy) is 3. The van der Waals surface area contributed by atoms with Crippen molar-refractivity contribution in [2.24, 2.45) is 0 Å². The molecule has 0 atom stereocenters. The highest BCUT2D eigenvalue weighted by Gasteiger charge is 2.07. The lowest BCUT2D eigenvalue weighted by molar-refractivity contribution is -0.141.